The van der Waals surface area contributed by atoms with E-state index in [1.54, 1.807) is 0 Å². The first-order valence-corrected chi connectivity index (χ1v) is 5.47. The van der Waals surface area contributed by atoms with Crippen LogP contribution in [0.25, 0.3) is 0 Å². The number of hydrogen-bond acceptors (Lipinski definition) is 2. The maximum Gasteiger partial charge on any atom is 0.143 e. The van der Waals surface area contributed by atoms with Crippen molar-refractivity contribution in [1.82, 2.24) is 0 Å². The molecule has 15 heavy (non-hydrogen) atoms. The Balaban J connectivity index is 3.04. The highest BCUT2D eigenvalue weighted by Crippen LogP contribution is 2.40. The number of rotatable bonds is 4. The molecule has 1 aliphatic carbocycles. The van der Waals surface area contributed by atoms with Crippen molar-refractivity contribution in [3.8, 4) is 6.07 Å². The molecule has 80 valence electrons. The van der Waals surface area contributed by atoms with Crippen LogP contribution in [-0.4, -0.2) is 5.78 Å². The summed E-state index contributed by atoms with van der Waals surface area (Å²) in [4.78, 5) is 12.0. The molecule has 0 saturated carbocycles. The van der Waals surface area contributed by atoms with E-state index in [1.807, 2.05) is 38.2 Å². The van der Waals surface area contributed by atoms with E-state index in [1.165, 1.54) is 0 Å². The fraction of sp³-hybridized carbons (Fsp3) is 0.538. The van der Waals surface area contributed by atoms with Crippen LogP contribution in [0.15, 0.2) is 24.3 Å². The molecule has 1 aliphatic rings. The van der Waals surface area contributed by atoms with Crippen molar-refractivity contribution < 1.29 is 4.79 Å². The maximum absolute atomic E-state index is 12.0. The van der Waals surface area contributed by atoms with Crippen molar-refractivity contribution in [3.63, 3.8) is 0 Å². The van der Waals surface area contributed by atoms with Crippen molar-refractivity contribution in [2.45, 2.75) is 33.1 Å². The van der Waals surface area contributed by atoms with Gasteiger partial charge in [-0.3, -0.25) is 4.79 Å². The molecule has 0 fully saturated rings. The lowest BCUT2D eigenvalue weighted by molar-refractivity contribution is -0.128. The Hall–Kier alpha value is -1.36. The van der Waals surface area contributed by atoms with Crippen molar-refractivity contribution >= 4 is 5.78 Å². The summed E-state index contributed by atoms with van der Waals surface area (Å²) in [5, 5.41) is 8.78. The van der Waals surface area contributed by atoms with Gasteiger partial charge in [0.2, 0.25) is 0 Å². The van der Waals surface area contributed by atoms with Gasteiger partial charge < -0.3 is 0 Å². The summed E-state index contributed by atoms with van der Waals surface area (Å²) < 4.78 is 0. The van der Waals surface area contributed by atoms with Crippen LogP contribution in [0.2, 0.25) is 0 Å². The molecule has 2 nitrogen and oxygen atoms in total. The molecule has 0 heterocycles. The zero-order valence-corrected chi connectivity index (χ0v) is 9.36. The Morgan fingerprint density at radius 1 is 1.47 bits per heavy atom. The molecule has 0 saturated heterocycles. The quantitative estimate of drug-likeness (QED) is 0.704. The van der Waals surface area contributed by atoms with E-state index in [2.05, 4.69) is 6.07 Å². The Kier molecular flexibility index (Phi) is 3.85. The van der Waals surface area contributed by atoms with Gasteiger partial charge in [0.05, 0.1) is 11.5 Å². The number of Topliss-reactive ketones (excluding diaryl/α,β-unsaturated/α-hetero) is 1. The zero-order chi connectivity index (χ0) is 11.3. The average molecular weight is 203 g/mol. The average Bonchev–Trinajstić information content (AvgIpc) is 2.29. The van der Waals surface area contributed by atoms with Gasteiger partial charge in [-0.05, 0) is 6.42 Å². The molecule has 0 spiro atoms. The van der Waals surface area contributed by atoms with Crippen LogP contribution in [-0.2, 0) is 4.79 Å². The largest absolute Gasteiger partial charge is 0.299 e. The minimum absolute atomic E-state index is 0.0462. The predicted octanol–water partition coefficient (Wildman–Crippen LogP) is 3.02. The summed E-state index contributed by atoms with van der Waals surface area (Å²) in [5.41, 5.74) is -0.431. The summed E-state index contributed by atoms with van der Waals surface area (Å²) in [6.45, 7) is 3.90. The smallest absolute Gasteiger partial charge is 0.143 e. The van der Waals surface area contributed by atoms with E-state index in [-0.39, 0.29) is 11.7 Å². The van der Waals surface area contributed by atoms with Gasteiger partial charge in [0.25, 0.3) is 0 Å². The van der Waals surface area contributed by atoms with Crippen molar-refractivity contribution in [2.24, 2.45) is 11.3 Å². The van der Waals surface area contributed by atoms with Crippen LogP contribution in [0.1, 0.15) is 33.1 Å². The molecule has 2 unspecified atom stereocenters. The maximum atomic E-state index is 12.0. The fourth-order valence-electron chi connectivity index (χ4n) is 2.28. The summed E-state index contributed by atoms with van der Waals surface area (Å²) in [7, 11) is 0. The Labute approximate surface area is 91.3 Å². The van der Waals surface area contributed by atoms with Gasteiger partial charge >= 0.3 is 0 Å². The Bertz CT molecular complexity index is 335. The van der Waals surface area contributed by atoms with Gasteiger partial charge in [-0.15, -0.1) is 0 Å². The van der Waals surface area contributed by atoms with Crippen LogP contribution in [0.3, 0.4) is 0 Å². The zero-order valence-electron chi connectivity index (χ0n) is 9.36. The van der Waals surface area contributed by atoms with E-state index in [4.69, 9.17) is 5.26 Å². The highest BCUT2D eigenvalue weighted by Gasteiger charge is 2.39. The van der Waals surface area contributed by atoms with Crippen LogP contribution < -0.4 is 0 Å². The second kappa shape index (κ2) is 4.93. The number of ketones is 1. The van der Waals surface area contributed by atoms with Crippen molar-refractivity contribution in [2.75, 3.05) is 0 Å². The normalized spacial score (nSPS) is 28.7. The van der Waals surface area contributed by atoms with Crippen LogP contribution in [0.5, 0.6) is 0 Å². The van der Waals surface area contributed by atoms with Crippen molar-refractivity contribution in [1.29, 1.82) is 5.26 Å². The molecule has 2 atom stereocenters. The summed E-state index contributed by atoms with van der Waals surface area (Å²) in [5.74, 6) is 0.288. The molecule has 0 aromatic carbocycles. The van der Waals surface area contributed by atoms with Gasteiger partial charge in [0.1, 0.15) is 5.78 Å². The molecule has 0 amide bonds. The third-order valence-electron chi connectivity index (χ3n) is 3.25. The molecule has 1 rings (SSSR count). The van der Waals surface area contributed by atoms with Crippen LogP contribution in [0, 0.1) is 22.7 Å². The number of nitriles is 1. The van der Waals surface area contributed by atoms with Gasteiger partial charge in [-0.1, -0.05) is 38.2 Å². The topological polar surface area (TPSA) is 40.9 Å². The van der Waals surface area contributed by atoms with Gasteiger partial charge in [0.15, 0.2) is 0 Å². The molecule has 2 heteroatoms. The van der Waals surface area contributed by atoms with E-state index in [0.29, 0.717) is 12.8 Å². The monoisotopic (exact) mass is 203 g/mol. The van der Waals surface area contributed by atoms with Gasteiger partial charge in [0, 0.05) is 18.8 Å². The molecule has 0 aromatic rings. The summed E-state index contributed by atoms with van der Waals surface area (Å²) in [6, 6.07) is 2.17. The van der Waals surface area contributed by atoms with E-state index in [0.717, 1.165) is 6.42 Å². The number of hydrogen-bond donors (Lipinski definition) is 0. The highest BCUT2D eigenvalue weighted by atomic mass is 16.1. The fourth-order valence-corrected chi connectivity index (χ4v) is 2.28. The van der Waals surface area contributed by atoms with Gasteiger partial charge in [-0.2, -0.15) is 5.26 Å². The lowest BCUT2D eigenvalue weighted by Gasteiger charge is -2.35. The lowest BCUT2D eigenvalue weighted by atomic mass is 9.66. The number of carbonyl (C=O) groups is 1. The number of allylic oxidation sites excluding steroid dienone is 4. The molecule has 0 N–H and O–H groups in total. The molecular formula is C13H17NO. The minimum atomic E-state index is -0.431. The molecule has 0 aliphatic heterocycles. The highest BCUT2D eigenvalue weighted by molar-refractivity contribution is 5.87. The first-order chi connectivity index (χ1) is 7.21. The second-order valence-corrected chi connectivity index (χ2v) is 3.88. The van der Waals surface area contributed by atoms with E-state index < -0.39 is 5.41 Å². The Morgan fingerprint density at radius 2 is 2.20 bits per heavy atom. The Morgan fingerprint density at radius 3 is 2.73 bits per heavy atom. The second-order valence-electron chi connectivity index (χ2n) is 3.88. The molecule has 0 bridgehead atoms. The SMILES string of the molecule is CCC(=O)C1(CC)C=CC=CC1CC#N. The van der Waals surface area contributed by atoms with E-state index >= 15 is 0 Å². The summed E-state index contributed by atoms with van der Waals surface area (Å²) in [6.07, 6.45) is 9.53. The number of carbonyl (C=O) groups excluding carboxylic acids is 1. The molecule has 0 aromatic heterocycles. The standard InChI is InChI=1S/C13H17NO/c1-3-12(15)13(4-2)9-6-5-7-11(13)8-10-14/h5-7,9,11H,3-4,8H2,1-2H3. The third kappa shape index (κ3) is 2.02. The van der Waals surface area contributed by atoms with Gasteiger partial charge in [-0.25, -0.2) is 0 Å². The van der Waals surface area contributed by atoms with Crippen molar-refractivity contribution in [3.05, 3.63) is 24.3 Å². The van der Waals surface area contributed by atoms with Crippen LogP contribution >= 0.6 is 0 Å². The lowest BCUT2D eigenvalue weighted by Crippen LogP contribution is -2.36. The summed E-state index contributed by atoms with van der Waals surface area (Å²) >= 11 is 0. The minimum Gasteiger partial charge on any atom is -0.299 e. The first-order valence-electron chi connectivity index (χ1n) is 5.47. The van der Waals surface area contributed by atoms with Crippen LogP contribution in [0.4, 0.5) is 0 Å². The predicted molar refractivity (Wildman–Crippen MR) is 60.0 cm³/mol. The number of nitrogens with zero attached hydrogens (tertiary/aromatic N) is 1. The molecular weight excluding hydrogens is 186 g/mol. The molecule has 0 radical (unpaired) electrons. The van der Waals surface area contributed by atoms with E-state index in [9.17, 15) is 4.79 Å². The first kappa shape index (κ1) is 11.7. The third-order valence-corrected chi connectivity index (χ3v) is 3.25.